The highest BCUT2D eigenvalue weighted by molar-refractivity contribution is 6.44. The van der Waals surface area contributed by atoms with E-state index in [0.29, 0.717) is 0 Å². The number of nitrogens with one attached hydrogen (secondary N) is 2. The molecule has 0 unspecified atom stereocenters. The Labute approximate surface area is 121 Å². The average molecular weight is 291 g/mol. The van der Waals surface area contributed by atoms with Crippen LogP contribution in [0.25, 0.3) is 6.08 Å². The molecule has 0 saturated carbocycles. The summed E-state index contributed by atoms with van der Waals surface area (Å²) in [7, 11) is 0. The molecule has 0 fully saturated rings. The minimum Gasteiger partial charge on any atom is -0.394 e. The number of amides is 1. The lowest BCUT2D eigenvalue weighted by Gasteiger charge is -2.28. The predicted molar refractivity (Wildman–Crippen MR) is 78.7 cm³/mol. The van der Waals surface area contributed by atoms with E-state index in [1.807, 2.05) is 24.3 Å². The molecule has 5 N–H and O–H groups in total. The third kappa shape index (κ3) is 3.27. The number of anilines is 1. The molecule has 0 bridgehead atoms. The second-order valence-corrected chi connectivity index (χ2v) is 4.74. The first-order valence-corrected chi connectivity index (χ1v) is 6.40. The normalized spacial score (nSPS) is 13.8. The average Bonchev–Trinajstić information content (AvgIpc) is 2.75. The van der Waals surface area contributed by atoms with E-state index >= 15 is 0 Å². The molecule has 0 saturated heterocycles. The van der Waals surface area contributed by atoms with Gasteiger partial charge in [-0.15, -0.1) is 0 Å². The number of benzene rings is 1. The maximum atomic E-state index is 12.1. The molecule has 0 atom stereocenters. The van der Waals surface area contributed by atoms with E-state index in [-0.39, 0.29) is 5.71 Å². The lowest BCUT2D eigenvalue weighted by molar-refractivity contribution is -0.118. The first kappa shape index (κ1) is 15.2. The highest BCUT2D eigenvalue weighted by Gasteiger charge is 2.31. The SMILES string of the molecule is O=C(NC(CO)(CO)CO)C1=NNc2ccccc2C=C1. The fourth-order valence-corrected chi connectivity index (χ4v) is 1.77. The molecule has 1 heterocycles. The first-order valence-electron chi connectivity index (χ1n) is 6.40. The van der Waals surface area contributed by atoms with E-state index < -0.39 is 31.3 Å². The summed E-state index contributed by atoms with van der Waals surface area (Å²) in [6.45, 7) is -1.76. The van der Waals surface area contributed by atoms with Crippen molar-refractivity contribution >= 4 is 23.4 Å². The Balaban J connectivity index is 2.16. The molecule has 1 aromatic carbocycles. The van der Waals surface area contributed by atoms with E-state index in [1.54, 1.807) is 6.08 Å². The Morgan fingerprint density at radius 3 is 2.48 bits per heavy atom. The molecule has 112 valence electrons. The molecule has 7 heteroatoms. The van der Waals surface area contributed by atoms with Crippen LogP contribution >= 0.6 is 0 Å². The van der Waals surface area contributed by atoms with Gasteiger partial charge in [-0.05, 0) is 17.7 Å². The lowest BCUT2D eigenvalue weighted by atomic mass is 10.0. The van der Waals surface area contributed by atoms with E-state index in [1.165, 1.54) is 6.08 Å². The minimum absolute atomic E-state index is 0.0749. The molecule has 0 radical (unpaired) electrons. The summed E-state index contributed by atoms with van der Waals surface area (Å²) in [5, 5.41) is 34.0. The largest absolute Gasteiger partial charge is 0.394 e. The van der Waals surface area contributed by atoms with Crippen molar-refractivity contribution in [2.45, 2.75) is 5.54 Å². The molecule has 7 nitrogen and oxygen atoms in total. The van der Waals surface area contributed by atoms with Crippen LogP contribution in [0.3, 0.4) is 0 Å². The number of hydrogen-bond donors (Lipinski definition) is 5. The summed E-state index contributed by atoms with van der Waals surface area (Å²) >= 11 is 0. The van der Waals surface area contributed by atoms with Gasteiger partial charge in [0.1, 0.15) is 11.3 Å². The van der Waals surface area contributed by atoms with Crippen LogP contribution in [0.15, 0.2) is 35.4 Å². The molecule has 0 aromatic heterocycles. The van der Waals surface area contributed by atoms with E-state index in [2.05, 4.69) is 15.8 Å². The molecule has 21 heavy (non-hydrogen) atoms. The van der Waals surface area contributed by atoms with Gasteiger partial charge in [-0.2, -0.15) is 5.10 Å². The Bertz CT molecular complexity index is 571. The highest BCUT2D eigenvalue weighted by atomic mass is 16.3. The van der Waals surface area contributed by atoms with Crippen molar-refractivity contribution in [1.82, 2.24) is 5.32 Å². The minimum atomic E-state index is -1.48. The number of carbonyl (C=O) groups is 1. The molecule has 1 amide bonds. The van der Waals surface area contributed by atoms with E-state index in [9.17, 15) is 20.1 Å². The number of aliphatic hydroxyl groups excluding tert-OH is 3. The monoisotopic (exact) mass is 291 g/mol. The molecule has 0 spiro atoms. The molecular formula is C14H17N3O4. The van der Waals surface area contributed by atoms with Crippen molar-refractivity contribution in [3.63, 3.8) is 0 Å². The van der Waals surface area contributed by atoms with Gasteiger partial charge in [0.2, 0.25) is 0 Å². The second-order valence-electron chi connectivity index (χ2n) is 4.74. The maximum Gasteiger partial charge on any atom is 0.272 e. The zero-order valence-corrected chi connectivity index (χ0v) is 11.3. The van der Waals surface area contributed by atoms with Gasteiger partial charge in [-0.25, -0.2) is 0 Å². The standard InChI is InChI=1S/C14H17N3O4/c18-7-14(8-19,9-20)15-13(21)12-6-5-10-3-1-2-4-11(10)16-17-12/h1-6,16,18-20H,7-9H2,(H,15,21). The van der Waals surface area contributed by atoms with Gasteiger partial charge in [0, 0.05) is 0 Å². The topological polar surface area (TPSA) is 114 Å². The number of hydrazone groups is 1. The number of carbonyl (C=O) groups excluding carboxylic acids is 1. The number of hydrogen-bond acceptors (Lipinski definition) is 6. The lowest BCUT2D eigenvalue weighted by Crippen LogP contribution is -2.58. The summed E-state index contributed by atoms with van der Waals surface area (Å²) < 4.78 is 0. The third-order valence-electron chi connectivity index (χ3n) is 3.20. The summed E-state index contributed by atoms with van der Waals surface area (Å²) in [5.74, 6) is -0.608. The fourth-order valence-electron chi connectivity index (χ4n) is 1.77. The van der Waals surface area contributed by atoms with Gasteiger partial charge in [0.25, 0.3) is 5.91 Å². The predicted octanol–water partition coefficient (Wildman–Crippen LogP) is -0.687. The van der Waals surface area contributed by atoms with Gasteiger partial charge >= 0.3 is 0 Å². The smallest absolute Gasteiger partial charge is 0.272 e. The summed E-state index contributed by atoms with van der Waals surface area (Å²) in [5.41, 5.74) is 3.00. The molecular weight excluding hydrogens is 274 g/mol. The molecule has 1 aliphatic rings. The number of rotatable bonds is 5. The zero-order chi connectivity index (χ0) is 15.3. The van der Waals surface area contributed by atoms with Crippen LogP contribution in [0.4, 0.5) is 5.69 Å². The quantitative estimate of drug-likeness (QED) is 0.493. The van der Waals surface area contributed by atoms with Crippen molar-refractivity contribution in [3.8, 4) is 0 Å². The van der Waals surface area contributed by atoms with Gasteiger partial charge in [0.15, 0.2) is 0 Å². The third-order valence-corrected chi connectivity index (χ3v) is 3.20. The fraction of sp³-hybridized carbons (Fsp3) is 0.286. The number of para-hydroxylation sites is 1. The molecule has 2 rings (SSSR count). The number of aliphatic hydroxyl groups is 3. The van der Waals surface area contributed by atoms with Crippen molar-refractivity contribution in [3.05, 3.63) is 35.9 Å². The van der Waals surface area contributed by atoms with Crippen LogP contribution in [0, 0.1) is 0 Å². The van der Waals surface area contributed by atoms with Crippen molar-refractivity contribution < 1.29 is 20.1 Å². The molecule has 0 aliphatic carbocycles. The van der Waals surface area contributed by atoms with Crippen molar-refractivity contribution in [2.75, 3.05) is 25.2 Å². The Morgan fingerprint density at radius 1 is 1.14 bits per heavy atom. The Morgan fingerprint density at radius 2 is 1.81 bits per heavy atom. The Hall–Kier alpha value is -2.22. The molecule has 1 aromatic rings. The zero-order valence-electron chi connectivity index (χ0n) is 11.3. The van der Waals surface area contributed by atoms with Crippen LogP contribution in [-0.2, 0) is 4.79 Å². The first-order chi connectivity index (χ1) is 10.1. The van der Waals surface area contributed by atoms with E-state index in [0.717, 1.165) is 11.3 Å². The number of nitrogens with zero attached hydrogens (tertiary/aromatic N) is 1. The Kier molecular flexibility index (Phi) is 4.69. The summed E-state index contributed by atoms with van der Waals surface area (Å²) in [6, 6.07) is 7.40. The second kappa shape index (κ2) is 6.49. The van der Waals surface area contributed by atoms with E-state index in [4.69, 9.17) is 0 Å². The summed E-state index contributed by atoms with van der Waals surface area (Å²) in [4.78, 5) is 12.1. The van der Waals surface area contributed by atoms with Gasteiger partial charge < -0.3 is 20.6 Å². The van der Waals surface area contributed by atoms with Crippen molar-refractivity contribution in [1.29, 1.82) is 0 Å². The summed E-state index contributed by atoms with van der Waals surface area (Å²) in [6.07, 6.45) is 3.25. The highest BCUT2D eigenvalue weighted by Crippen LogP contribution is 2.18. The molecule has 1 aliphatic heterocycles. The number of fused-ring (bicyclic) bond motifs is 1. The maximum absolute atomic E-state index is 12.1. The van der Waals surface area contributed by atoms with Gasteiger partial charge in [0.05, 0.1) is 25.5 Å². The van der Waals surface area contributed by atoms with Crippen molar-refractivity contribution in [2.24, 2.45) is 5.10 Å². The van der Waals surface area contributed by atoms with Crippen LogP contribution in [0.2, 0.25) is 0 Å². The van der Waals surface area contributed by atoms with Gasteiger partial charge in [-0.1, -0.05) is 24.3 Å². The van der Waals surface area contributed by atoms with Crippen LogP contribution in [0.5, 0.6) is 0 Å². The van der Waals surface area contributed by atoms with Crippen LogP contribution < -0.4 is 10.7 Å². The van der Waals surface area contributed by atoms with Crippen LogP contribution in [0.1, 0.15) is 5.56 Å². The van der Waals surface area contributed by atoms with Crippen LogP contribution in [-0.4, -0.2) is 52.3 Å². The van der Waals surface area contributed by atoms with Gasteiger partial charge in [-0.3, -0.25) is 10.2 Å².